The molecule has 2 aromatic carbocycles. The van der Waals surface area contributed by atoms with Gasteiger partial charge in [-0.3, -0.25) is 14.4 Å². The van der Waals surface area contributed by atoms with Crippen LogP contribution in [0.25, 0.3) is 28.1 Å². The number of aromatic amines is 1. The number of aromatic nitrogens is 5. The second-order valence-corrected chi connectivity index (χ2v) is 9.28. The molecule has 0 aliphatic carbocycles. The summed E-state index contributed by atoms with van der Waals surface area (Å²) in [6.07, 6.45) is 4.59. The lowest BCUT2D eigenvalue weighted by Gasteiger charge is -2.34. The molecule has 1 aliphatic rings. The Bertz CT molecular complexity index is 1700. The van der Waals surface area contributed by atoms with E-state index in [1.165, 1.54) is 17.4 Å². The number of benzene rings is 2. The number of hydrogen-bond acceptors (Lipinski definition) is 7. The van der Waals surface area contributed by atoms with Crippen LogP contribution in [-0.4, -0.2) is 85.4 Å². The Balaban J connectivity index is 1.18. The minimum Gasteiger partial charge on any atom is -0.497 e. The number of H-pyrrole nitrogens is 1. The summed E-state index contributed by atoms with van der Waals surface area (Å²) in [4.78, 5) is 54.0. The Hall–Kier alpha value is -5.32. The monoisotopic (exact) mass is 535 g/mol. The first-order chi connectivity index (χ1) is 19.5. The number of carbonyl (C=O) groups excluding carboxylic acids is 3. The first-order valence-electron chi connectivity index (χ1n) is 12.7. The third-order valence-electron chi connectivity index (χ3n) is 6.95. The van der Waals surface area contributed by atoms with Crippen LogP contribution < -0.4 is 4.74 Å². The van der Waals surface area contributed by atoms with E-state index in [1.807, 2.05) is 48.5 Å². The molecule has 2 amide bonds. The zero-order chi connectivity index (χ0) is 27.6. The van der Waals surface area contributed by atoms with E-state index in [-0.39, 0.29) is 24.6 Å². The van der Waals surface area contributed by atoms with Crippen LogP contribution >= 0.6 is 0 Å². The number of Topliss-reactive ketones (excluding diaryl/α,β-unsaturated/α-hetero) is 1. The van der Waals surface area contributed by atoms with E-state index >= 15 is 0 Å². The van der Waals surface area contributed by atoms with Gasteiger partial charge in [-0.15, -0.1) is 0 Å². The number of nitrogens with zero attached hydrogens (tertiary/aromatic N) is 6. The van der Waals surface area contributed by atoms with Gasteiger partial charge in [0.05, 0.1) is 18.4 Å². The Morgan fingerprint density at radius 1 is 0.875 bits per heavy atom. The van der Waals surface area contributed by atoms with Gasteiger partial charge in [0.15, 0.2) is 5.82 Å². The van der Waals surface area contributed by atoms with Crippen molar-refractivity contribution < 1.29 is 19.1 Å². The molecule has 0 spiro atoms. The van der Waals surface area contributed by atoms with Crippen LogP contribution in [0.5, 0.6) is 5.75 Å². The van der Waals surface area contributed by atoms with E-state index in [9.17, 15) is 14.4 Å². The van der Waals surface area contributed by atoms with Crippen molar-refractivity contribution in [2.45, 2.75) is 0 Å². The largest absolute Gasteiger partial charge is 0.497 e. The first-order valence-corrected chi connectivity index (χ1v) is 12.7. The fourth-order valence-electron chi connectivity index (χ4n) is 4.77. The van der Waals surface area contributed by atoms with Gasteiger partial charge in [0.2, 0.25) is 0 Å². The highest BCUT2D eigenvalue weighted by Crippen LogP contribution is 2.25. The first kappa shape index (κ1) is 25.0. The lowest BCUT2D eigenvalue weighted by Crippen LogP contribution is -2.52. The summed E-state index contributed by atoms with van der Waals surface area (Å²) in [6.45, 7) is 1.24. The smallest absolute Gasteiger partial charge is 0.295 e. The molecular weight excluding hydrogens is 510 g/mol. The van der Waals surface area contributed by atoms with Gasteiger partial charge in [0.1, 0.15) is 23.1 Å². The Labute approximate surface area is 229 Å². The molecule has 3 aromatic heterocycles. The second-order valence-electron chi connectivity index (χ2n) is 9.28. The fraction of sp³-hybridized carbons (Fsp3) is 0.172. The molecule has 4 heterocycles. The van der Waals surface area contributed by atoms with Gasteiger partial charge in [-0.05, 0) is 42.5 Å². The highest BCUT2D eigenvalue weighted by atomic mass is 16.5. The van der Waals surface area contributed by atoms with E-state index < -0.39 is 11.7 Å². The third kappa shape index (κ3) is 4.57. The van der Waals surface area contributed by atoms with E-state index in [2.05, 4.69) is 20.1 Å². The molecule has 5 aromatic rings. The van der Waals surface area contributed by atoms with Crippen molar-refractivity contribution in [1.29, 1.82) is 0 Å². The minimum atomic E-state index is -0.668. The Morgan fingerprint density at radius 3 is 2.33 bits per heavy atom. The van der Waals surface area contributed by atoms with Crippen LogP contribution in [0.15, 0.2) is 79.4 Å². The topological polar surface area (TPSA) is 126 Å². The van der Waals surface area contributed by atoms with E-state index in [0.717, 1.165) is 17.0 Å². The quantitative estimate of drug-likeness (QED) is 0.262. The number of hydrogen-bond donors (Lipinski definition) is 1. The standard InChI is InChI=1S/C29H25N7O4/c1-40-21-9-7-19(8-10-21)23-11-12-36(33-23)27-25-24(31-18-32-27)22(17-30-25)26(37)29(39)35-15-13-34(14-16-35)28(38)20-5-3-2-4-6-20/h2-12,17-18,30H,13-16H2,1H3. The van der Waals surface area contributed by atoms with Crippen LogP contribution in [0.1, 0.15) is 20.7 Å². The number of piperazine rings is 1. The predicted molar refractivity (Wildman–Crippen MR) is 146 cm³/mol. The number of fused-ring (bicyclic) bond motifs is 1. The SMILES string of the molecule is COc1ccc(-c2ccn(-c3ncnc4c(C(=O)C(=O)N5CCN(C(=O)c6ccccc6)CC5)c[nH]c34)n2)cc1. The maximum Gasteiger partial charge on any atom is 0.295 e. The molecular formula is C29H25N7O4. The van der Waals surface area contributed by atoms with E-state index in [4.69, 9.17) is 4.74 Å². The molecule has 0 bridgehead atoms. The zero-order valence-electron chi connectivity index (χ0n) is 21.7. The van der Waals surface area contributed by atoms with Crippen LogP contribution in [0.4, 0.5) is 0 Å². The van der Waals surface area contributed by atoms with E-state index in [1.54, 1.807) is 35.0 Å². The highest BCUT2D eigenvalue weighted by Gasteiger charge is 2.31. The molecule has 200 valence electrons. The van der Waals surface area contributed by atoms with Gasteiger partial charge < -0.3 is 19.5 Å². The third-order valence-corrected chi connectivity index (χ3v) is 6.95. The van der Waals surface area contributed by atoms with Gasteiger partial charge >= 0.3 is 0 Å². The highest BCUT2D eigenvalue weighted by molar-refractivity contribution is 6.44. The van der Waals surface area contributed by atoms with Crippen LogP contribution in [0.3, 0.4) is 0 Å². The minimum absolute atomic E-state index is 0.0892. The zero-order valence-corrected chi connectivity index (χ0v) is 21.7. The van der Waals surface area contributed by atoms with Gasteiger partial charge in [-0.1, -0.05) is 18.2 Å². The van der Waals surface area contributed by atoms with Crippen molar-refractivity contribution in [3.05, 3.63) is 90.5 Å². The summed E-state index contributed by atoms with van der Waals surface area (Å²) in [5.41, 5.74) is 3.22. The molecule has 11 nitrogen and oxygen atoms in total. The van der Waals surface area contributed by atoms with Crippen LogP contribution in [0, 0.1) is 0 Å². The molecule has 0 unspecified atom stereocenters. The lowest BCUT2D eigenvalue weighted by atomic mass is 10.1. The molecule has 1 saturated heterocycles. The number of carbonyl (C=O) groups is 3. The summed E-state index contributed by atoms with van der Waals surface area (Å²) in [6, 6.07) is 18.4. The number of amides is 2. The van der Waals surface area contributed by atoms with Crippen molar-refractivity contribution in [2.75, 3.05) is 33.3 Å². The molecule has 1 fully saturated rings. The van der Waals surface area contributed by atoms with Crippen molar-refractivity contribution in [1.82, 2.24) is 34.5 Å². The number of methoxy groups -OCH3 is 1. The van der Waals surface area contributed by atoms with Gasteiger partial charge in [-0.2, -0.15) is 5.10 Å². The van der Waals surface area contributed by atoms with E-state index in [0.29, 0.717) is 35.5 Å². The van der Waals surface area contributed by atoms with Crippen molar-refractivity contribution in [2.24, 2.45) is 0 Å². The maximum absolute atomic E-state index is 13.3. The van der Waals surface area contributed by atoms with Gasteiger partial charge in [0.25, 0.3) is 17.6 Å². The van der Waals surface area contributed by atoms with Crippen LogP contribution in [0.2, 0.25) is 0 Å². The van der Waals surface area contributed by atoms with Crippen molar-refractivity contribution in [3.63, 3.8) is 0 Å². The molecule has 6 rings (SSSR count). The maximum atomic E-state index is 13.3. The van der Waals surface area contributed by atoms with Crippen molar-refractivity contribution in [3.8, 4) is 22.8 Å². The molecule has 0 atom stereocenters. The van der Waals surface area contributed by atoms with Gasteiger partial charge in [0, 0.05) is 49.7 Å². The fourth-order valence-corrected chi connectivity index (χ4v) is 4.77. The molecule has 1 aliphatic heterocycles. The summed E-state index contributed by atoms with van der Waals surface area (Å²) in [7, 11) is 1.61. The summed E-state index contributed by atoms with van der Waals surface area (Å²) in [5, 5.41) is 4.64. The summed E-state index contributed by atoms with van der Waals surface area (Å²) >= 11 is 0. The van der Waals surface area contributed by atoms with Crippen LogP contribution in [-0.2, 0) is 4.79 Å². The molecule has 11 heteroatoms. The normalized spacial score (nSPS) is 13.4. The van der Waals surface area contributed by atoms with Gasteiger partial charge in [-0.25, -0.2) is 14.6 Å². The molecule has 1 N–H and O–H groups in total. The average molecular weight is 536 g/mol. The number of ether oxygens (including phenoxy) is 1. The van der Waals surface area contributed by atoms with Crippen molar-refractivity contribution >= 4 is 28.6 Å². The summed E-state index contributed by atoms with van der Waals surface area (Å²) in [5.74, 6) is -0.189. The number of rotatable bonds is 6. The summed E-state index contributed by atoms with van der Waals surface area (Å²) < 4.78 is 6.82. The number of nitrogens with one attached hydrogen (secondary N) is 1. The average Bonchev–Trinajstić information content (AvgIpc) is 3.69. The number of ketones is 1. The Kier molecular flexibility index (Phi) is 6.52. The lowest BCUT2D eigenvalue weighted by molar-refractivity contribution is -0.127. The molecule has 40 heavy (non-hydrogen) atoms. The molecule has 0 saturated carbocycles. The predicted octanol–water partition coefficient (Wildman–Crippen LogP) is 2.99. The second kappa shape index (κ2) is 10.4. The molecule has 0 radical (unpaired) electrons. The Morgan fingerprint density at radius 2 is 1.60 bits per heavy atom.